The standard InChI is InChI=1S/C20H24N6O4S/c1-13(2)18(12-27)23-20-22-17(16-5-3-4-10-21-16)11-19(24-20)26-25-14-6-8-15(9-7-14)31(28,29)30/h3-11,13,18,25,27H,12H2,1-2H3,(H,28,29,30)(H2,22,23,24,26)/t18-/m0/s1. The second-order valence-corrected chi connectivity index (χ2v) is 8.53. The number of aliphatic hydroxyl groups excluding tert-OH is 1. The fraction of sp³-hybridized carbons (Fsp3) is 0.250. The fourth-order valence-corrected chi connectivity index (χ4v) is 3.14. The fourth-order valence-electron chi connectivity index (χ4n) is 2.66. The largest absolute Gasteiger partial charge is 0.394 e. The molecule has 0 aliphatic rings. The summed E-state index contributed by atoms with van der Waals surface area (Å²) < 4.78 is 31.4. The van der Waals surface area contributed by atoms with Crippen molar-refractivity contribution < 1.29 is 18.1 Å². The minimum atomic E-state index is -4.25. The number of hydrogen-bond donors (Lipinski definition) is 5. The Balaban J connectivity index is 1.85. The van der Waals surface area contributed by atoms with E-state index < -0.39 is 10.1 Å². The number of hydrogen-bond acceptors (Lipinski definition) is 9. The molecule has 11 heteroatoms. The molecule has 3 aromatic rings. The average Bonchev–Trinajstić information content (AvgIpc) is 2.76. The van der Waals surface area contributed by atoms with Gasteiger partial charge in [0.1, 0.15) is 0 Å². The average molecular weight is 445 g/mol. The normalized spacial score (nSPS) is 12.4. The first-order valence-electron chi connectivity index (χ1n) is 9.53. The minimum Gasteiger partial charge on any atom is -0.394 e. The van der Waals surface area contributed by atoms with E-state index in [0.29, 0.717) is 28.8 Å². The lowest BCUT2D eigenvalue weighted by molar-refractivity contribution is 0.248. The second kappa shape index (κ2) is 9.69. The highest BCUT2D eigenvalue weighted by molar-refractivity contribution is 7.85. The molecule has 1 atom stereocenters. The van der Waals surface area contributed by atoms with Crippen molar-refractivity contribution >= 4 is 27.6 Å². The van der Waals surface area contributed by atoms with Gasteiger partial charge in [-0.3, -0.25) is 20.4 Å². The Morgan fingerprint density at radius 2 is 1.74 bits per heavy atom. The molecule has 10 nitrogen and oxygen atoms in total. The van der Waals surface area contributed by atoms with Gasteiger partial charge < -0.3 is 10.4 Å². The third kappa shape index (κ3) is 6.10. The summed E-state index contributed by atoms with van der Waals surface area (Å²) in [5.74, 6) is 0.905. The van der Waals surface area contributed by atoms with E-state index in [0.717, 1.165) is 0 Å². The van der Waals surface area contributed by atoms with Crippen molar-refractivity contribution in [3.63, 3.8) is 0 Å². The molecule has 1 aromatic carbocycles. The van der Waals surface area contributed by atoms with E-state index in [4.69, 9.17) is 4.55 Å². The van der Waals surface area contributed by atoms with Gasteiger partial charge in [0.2, 0.25) is 5.95 Å². The molecule has 2 heterocycles. The second-order valence-electron chi connectivity index (χ2n) is 7.10. The van der Waals surface area contributed by atoms with Gasteiger partial charge in [-0.05, 0) is 42.3 Å². The zero-order valence-corrected chi connectivity index (χ0v) is 17.8. The highest BCUT2D eigenvalue weighted by Crippen LogP contribution is 2.21. The summed E-state index contributed by atoms with van der Waals surface area (Å²) in [6, 6.07) is 12.5. The van der Waals surface area contributed by atoms with Crippen LogP contribution in [-0.2, 0) is 10.1 Å². The number of aliphatic hydroxyl groups is 1. The van der Waals surface area contributed by atoms with Crippen molar-refractivity contribution in [2.75, 3.05) is 22.8 Å². The van der Waals surface area contributed by atoms with Crippen LogP contribution in [0.4, 0.5) is 17.5 Å². The van der Waals surface area contributed by atoms with Crippen LogP contribution in [0.2, 0.25) is 0 Å². The molecular weight excluding hydrogens is 420 g/mol. The summed E-state index contributed by atoms with van der Waals surface area (Å²) in [6.07, 6.45) is 1.66. The first kappa shape index (κ1) is 22.4. The van der Waals surface area contributed by atoms with Crippen molar-refractivity contribution in [2.45, 2.75) is 24.8 Å². The van der Waals surface area contributed by atoms with Gasteiger partial charge in [0.25, 0.3) is 10.1 Å². The molecule has 2 aromatic heterocycles. The smallest absolute Gasteiger partial charge is 0.294 e. The SMILES string of the molecule is CC(C)[C@H](CO)Nc1nc(NNc2ccc(S(=O)(=O)O)cc2)cc(-c2ccccn2)n1. The van der Waals surface area contributed by atoms with Gasteiger partial charge in [0.05, 0.1) is 34.6 Å². The lowest BCUT2D eigenvalue weighted by atomic mass is 10.1. The summed E-state index contributed by atoms with van der Waals surface area (Å²) in [5, 5.41) is 12.8. The summed E-state index contributed by atoms with van der Waals surface area (Å²) in [7, 11) is -4.25. The van der Waals surface area contributed by atoms with E-state index >= 15 is 0 Å². The van der Waals surface area contributed by atoms with Gasteiger partial charge in [0, 0.05) is 12.3 Å². The molecule has 0 bridgehead atoms. The highest BCUT2D eigenvalue weighted by Gasteiger charge is 2.15. The number of nitrogens with one attached hydrogen (secondary N) is 3. The van der Waals surface area contributed by atoms with Crippen LogP contribution in [0.15, 0.2) is 59.6 Å². The van der Waals surface area contributed by atoms with Crippen LogP contribution in [0.25, 0.3) is 11.4 Å². The van der Waals surface area contributed by atoms with E-state index in [-0.39, 0.29) is 23.5 Å². The third-order valence-electron chi connectivity index (χ3n) is 4.46. The Morgan fingerprint density at radius 1 is 1.00 bits per heavy atom. The molecule has 0 amide bonds. The molecule has 3 rings (SSSR count). The number of hydrazine groups is 1. The number of benzene rings is 1. The van der Waals surface area contributed by atoms with Gasteiger partial charge in [-0.15, -0.1) is 0 Å². The first-order valence-corrected chi connectivity index (χ1v) is 11.0. The zero-order valence-electron chi connectivity index (χ0n) is 17.0. The zero-order chi connectivity index (χ0) is 22.4. The summed E-state index contributed by atoms with van der Waals surface area (Å²) in [5.41, 5.74) is 7.64. The van der Waals surface area contributed by atoms with E-state index in [2.05, 4.69) is 31.1 Å². The summed E-state index contributed by atoms with van der Waals surface area (Å²) in [6.45, 7) is 3.89. The Bertz CT molecular complexity index is 1110. The van der Waals surface area contributed by atoms with Crippen LogP contribution in [-0.4, -0.2) is 45.7 Å². The highest BCUT2D eigenvalue weighted by atomic mass is 32.2. The molecule has 31 heavy (non-hydrogen) atoms. The molecule has 0 saturated heterocycles. The van der Waals surface area contributed by atoms with Crippen LogP contribution in [0.5, 0.6) is 0 Å². The number of anilines is 3. The number of pyridine rings is 1. The number of rotatable bonds is 9. The lowest BCUT2D eigenvalue weighted by Gasteiger charge is -2.20. The molecule has 0 spiro atoms. The number of nitrogens with zero attached hydrogens (tertiary/aromatic N) is 3. The molecule has 0 radical (unpaired) electrons. The van der Waals surface area contributed by atoms with Crippen molar-refractivity contribution in [3.05, 3.63) is 54.7 Å². The maximum absolute atomic E-state index is 11.2. The Morgan fingerprint density at radius 3 is 2.32 bits per heavy atom. The molecule has 0 fully saturated rings. The summed E-state index contributed by atoms with van der Waals surface area (Å²) in [4.78, 5) is 13.1. The number of aromatic nitrogens is 3. The topological polar surface area (TPSA) is 149 Å². The van der Waals surface area contributed by atoms with Gasteiger partial charge in [0.15, 0.2) is 5.82 Å². The molecular formula is C20H24N6O4S. The molecule has 0 aliphatic heterocycles. The Labute approximate surface area is 180 Å². The van der Waals surface area contributed by atoms with Gasteiger partial charge in [-0.1, -0.05) is 19.9 Å². The predicted molar refractivity (Wildman–Crippen MR) is 118 cm³/mol. The molecule has 0 aliphatic carbocycles. The molecule has 0 saturated carbocycles. The van der Waals surface area contributed by atoms with Crippen molar-refractivity contribution in [2.24, 2.45) is 5.92 Å². The quantitative estimate of drug-likeness (QED) is 0.246. The predicted octanol–water partition coefficient (Wildman–Crippen LogP) is 2.65. The van der Waals surface area contributed by atoms with E-state index in [1.165, 1.54) is 24.3 Å². The minimum absolute atomic E-state index is 0.0734. The van der Waals surface area contributed by atoms with Gasteiger partial charge in [-0.25, -0.2) is 4.98 Å². The third-order valence-corrected chi connectivity index (χ3v) is 5.32. The molecule has 164 valence electrons. The monoisotopic (exact) mass is 444 g/mol. The first-order chi connectivity index (χ1) is 14.8. The van der Waals surface area contributed by atoms with Crippen LogP contribution >= 0.6 is 0 Å². The molecule has 0 unspecified atom stereocenters. The van der Waals surface area contributed by atoms with Gasteiger partial charge in [-0.2, -0.15) is 13.4 Å². The van der Waals surface area contributed by atoms with Crippen LogP contribution in [0.3, 0.4) is 0 Å². The van der Waals surface area contributed by atoms with Crippen LogP contribution < -0.4 is 16.2 Å². The Hall–Kier alpha value is -3.28. The van der Waals surface area contributed by atoms with Crippen molar-refractivity contribution in [1.29, 1.82) is 0 Å². The van der Waals surface area contributed by atoms with Crippen LogP contribution in [0, 0.1) is 5.92 Å². The van der Waals surface area contributed by atoms with E-state index in [1.54, 1.807) is 18.3 Å². The Kier molecular flexibility index (Phi) is 7.00. The van der Waals surface area contributed by atoms with Crippen molar-refractivity contribution in [3.8, 4) is 11.4 Å². The van der Waals surface area contributed by atoms with E-state index in [9.17, 15) is 13.5 Å². The van der Waals surface area contributed by atoms with Crippen LogP contribution in [0.1, 0.15) is 13.8 Å². The maximum atomic E-state index is 11.2. The maximum Gasteiger partial charge on any atom is 0.294 e. The van der Waals surface area contributed by atoms with E-state index in [1.807, 2.05) is 26.0 Å². The van der Waals surface area contributed by atoms with Crippen molar-refractivity contribution in [1.82, 2.24) is 15.0 Å². The molecule has 5 N–H and O–H groups in total. The summed E-state index contributed by atoms with van der Waals surface area (Å²) >= 11 is 0. The van der Waals surface area contributed by atoms with Gasteiger partial charge >= 0.3 is 0 Å². The lowest BCUT2D eigenvalue weighted by Crippen LogP contribution is -2.30.